The molecule has 0 saturated carbocycles. The number of ether oxygens (including phenoxy) is 1. The number of benzene rings is 1. The van der Waals surface area contributed by atoms with Crippen molar-refractivity contribution in [3.63, 3.8) is 0 Å². The van der Waals surface area contributed by atoms with E-state index in [1.165, 1.54) is 0 Å². The predicted molar refractivity (Wildman–Crippen MR) is 99.2 cm³/mol. The van der Waals surface area contributed by atoms with Gasteiger partial charge in [-0.05, 0) is 25.0 Å². The Morgan fingerprint density at radius 3 is 2.88 bits per heavy atom. The number of carbonyl (C=O) groups is 1. The molecule has 2 N–H and O–H groups in total. The molecule has 26 heavy (non-hydrogen) atoms. The van der Waals surface area contributed by atoms with Crippen LogP contribution in [-0.2, 0) is 0 Å². The monoisotopic (exact) mass is 358 g/mol. The highest BCUT2D eigenvalue weighted by Crippen LogP contribution is 2.35. The third-order valence-electron chi connectivity index (χ3n) is 5.35. The Morgan fingerprint density at radius 1 is 1.42 bits per heavy atom. The van der Waals surface area contributed by atoms with Crippen LogP contribution < -0.4 is 4.74 Å². The minimum atomic E-state index is -0.663. The van der Waals surface area contributed by atoms with Crippen molar-refractivity contribution in [2.24, 2.45) is 5.41 Å². The first-order chi connectivity index (χ1) is 12.5. The lowest BCUT2D eigenvalue weighted by Gasteiger charge is -2.45. The number of methoxy groups -OCH3 is 1. The summed E-state index contributed by atoms with van der Waals surface area (Å²) in [5.41, 5.74) is 0.360. The second-order valence-corrected chi connectivity index (χ2v) is 7.03. The lowest BCUT2D eigenvalue weighted by molar-refractivity contribution is -0.0721. The molecule has 2 atom stereocenters. The summed E-state index contributed by atoms with van der Waals surface area (Å²) < 4.78 is 5.43. The molecule has 0 bridgehead atoms. The van der Waals surface area contributed by atoms with Gasteiger partial charge in [0, 0.05) is 30.0 Å². The molecule has 0 unspecified atom stereocenters. The van der Waals surface area contributed by atoms with Crippen molar-refractivity contribution in [1.82, 2.24) is 9.88 Å². The molecule has 3 rings (SSSR count). The third kappa shape index (κ3) is 3.27. The highest BCUT2D eigenvalue weighted by atomic mass is 16.5. The zero-order chi connectivity index (χ0) is 18.7. The fourth-order valence-corrected chi connectivity index (χ4v) is 3.88. The number of fused-ring (bicyclic) bond motifs is 1. The predicted octanol–water partition coefficient (Wildman–Crippen LogP) is 2.23. The number of hydrogen-bond donors (Lipinski definition) is 2. The smallest absolute Gasteiger partial charge is 0.272 e. The second kappa shape index (κ2) is 7.60. The van der Waals surface area contributed by atoms with Crippen molar-refractivity contribution in [3.8, 4) is 5.75 Å². The maximum atomic E-state index is 13.1. The first kappa shape index (κ1) is 18.6. The fraction of sp³-hybridized carbons (Fsp3) is 0.500. The molecule has 0 radical (unpaired) electrons. The van der Waals surface area contributed by atoms with Crippen molar-refractivity contribution < 1.29 is 19.7 Å². The molecule has 2 aromatic rings. The van der Waals surface area contributed by atoms with Gasteiger partial charge in [-0.1, -0.05) is 25.5 Å². The van der Waals surface area contributed by atoms with Crippen LogP contribution in [-0.4, -0.2) is 58.9 Å². The maximum Gasteiger partial charge on any atom is 0.272 e. The van der Waals surface area contributed by atoms with Crippen molar-refractivity contribution in [2.75, 3.05) is 26.8 Å². The number of piperidine rings is 1. The maximum absolute atomic E-state index is 13.1. The van der Waals surface area contributed by atoms with Crippen LogP contribution >= 0.6 is 0 Å². The zero-order valence-electron chi connectivity index (χ0n) is 15.3. The average molecular weight is 358 g/mol. The van der Waals surface area contributed by atoms with Crippen LogP contribution in [0.3, 0.4) is 0 Å². The Hall–Kier alpha value is -2.18. The molecule has 1 saturated heterocycles. The quantitative estimate of drug-likeness (QED) is 0.856. The number of rotatable bonds is 5. The summed E-state index contributed by atoms with van der Waals surface area (Å²) in [4.78, 5) is 19.3. The average Bonchev–Trinajstić information content (AvgIpc) is 2.68. The standard InChI is InChI=1S/C20H26N2O4/c1-3-9-20(13-23)12-22(10-8-18(20)24)19(25)16-11-17(26-2)14-6-4-5-7-15(14)21-16/h4-7,11,18,23-24H,3,8-10,12-13H2,1-2H3/t18-,20-/m0/s1. The number of pyridine rings is 1. The number of carbonyl (C=O) groups excluding carboxylic acids is 1. The molecule has 140 valence electrons. The van der Waals surface area contributed by atoms with Crippen LogP contribution in [0.1, 0.15) is 36.7 Å². The molecule has 1 aromatic carbocycles. The highest BCUT2D eigenvalue weighted by molar-refractivity contribution is 5.97. The largest absolute Gasteiger partial charge is 0.496 e. The summed E-state index contributed by atoms with van der Waals surface area (Å²) in [5.74, 6) is 0.410. The zero-order valence-corrected chi connectivity index (χ0v) is 15.3. The van der Waals surface area contributed by atoms with E-state index in [9.17, 15) is 15.0 Å². The number of aliphatic hydroxyl groups excluding tert-OH is 2. The molecular weight excluding hydrogens is 332 g/mol. The number of aromatic nitrogens is 1. The summed E-state index contributed by atoms with van der Waals surface area (Å²) >= 11 is 0. The van der Waals surface area contributed by atoms with E-state index in [4.69, 9.17) is 4.74 Å². The molecule has 1 aliphatic heterocycles. The van der Waals surface area contributed by atoms with Gasteiger partial charge in [-0.25, -0.2) is 4.98 Å². The van der Waals surface area contributed by atoms with Gasteiger partial charge in [-0.3, -0.25) is 4.79 Å². The number of para-hydroxylation sites is 1. The van der Waals surface area contributed by atoms with Crippen molar-refractivity contribution in [1.29, 1.82) is 0 Å². The summed E-state index contributed by atoms with van der Waals surface area (Å²) in [6.07, 6.45) is 1.36. The topological polar surface area (TPSA) is 82.9 Å². The Morgan fingerprint density at radius 2 is 2.19 bits per heavy atom. The highest BCUT2D eigenvalue weighted by Gasteiger charge is 2.43. The van der Waals surface area contributed by atoms with E-state index in [0.29, 0.717) is 42.9 Å². The Bertz CT molecular complexity index is 794. The number of nitrogens with zero attached hydrogens (tertiary/aromatic N) is 2. The normalized spacial score (nSPS) is 23.2. The Kier molecular flexibility index (Phi) is 5.44. The lowest BCUT2D eigenvalue weighted by atomic mass is 9.74. The number of likely N-dealkylation sites (tertiary alicyclic amines) is 1. The van der Waals surface area contributed by atoms with E-state index >= 15 is 0 Å². The Balaban J connectivity index is 1.93. The summed E-state index contributed by atoms with van der Waals surface area (Å²) in [7, 11) is 1.57. The van der Waals surface area contributed by atoms with Crippen LogP contribution in [0, 0.1) is 5.41 Å². The van der Waals surface area contributed by atoms with Crippen LogP contribution in [0.4, 0.5) is 0 Å². The van der Waals surface area contributed by atoms with Gasteiger partial charge in [-0.2, -0.15) is 0 Å². The summed E-state index contributed by atoms with van der Waals surface area (Å²) in [6.45, 7) is 2.65. The molecule has 6 nitrogen and oxygen atoms in total. The molecule has 0 spiro atoms. The van der Waals surface area contributed by atoms with Gasteiger partial charge < -0.3 is 19.8 Å². The van der Waals surface area contributed by atoms with Gasteiger partial charge in [-0.15, -0.1) is 0 Å². The van der Waals surface area contributed by atoms with Crippen LogP contribution in [0.15, 0.2) is 30.3 Å². The minimum absolute atomic E-state index is 0.139. The molecular formula is C20H26N2O4. The summed E-state index contributed by atoms with van der Waals surface area (Å²) in [5, 5.41) is 21.2. The number of amides is 1. The van der Waals surface area contributed by atoms with Gasteiger partial charge in [0.2, 0.25) is 0 Å². The second-order valence-electron chi connectivity index (χ2n) is 7.03. The molecule has 6 heteroatoms. The van der Waals surface area contributed by atoms with Crippen molar-refractivity contribution in [2.45, 2.75) is 32.3 Å². The number of aliphatic hydroxyl groups is 2. The van der Waals surface area contributed by atoms with Crippen molar-refractivity contribution >= 4 is 16.8 Å². The van der Waals surface area contributed by atoms with Gasteiger partial charge >= 0.3 is 0 Å². The SMILES string of the molecule is CCC[C@@]1(CO)CN(C(=O)c2cc(OC)c3ccccc3n2)CC[C@@H]1O. The molecule has 1 aromatic heterocycles. The van der Waals surface area contributed by atoms with Gasteiger partial charge in [0.1, 0.15) is 11.4 Å². The van der Waals surface area contributed by atoms with E-state index in [0.717, 1.165) is 11.8 Å². The molecule has 1 aliphatic rings. The van der Waals surface area contributed by atoms with Gasteiger partial charge in [0.05, 0.1) is 25.3 Å². The number of hydrogen-bond acceptors (Lipinski definition) is 5. The van der Waals surface area contributed by atoms with E-state index in [-0.39, 0.29) is 12.5 Å². The fourth-order valence-electron chi connectivity index (χ4n) is 3.88. The Labute approximate surface area is 153 Å². The van der Waals surface area contributed by atoms with Gasteiger partial charge in [0.15, 0.2) is 0 Å². The molecule has 1 fully saturated rings. The van der Waals surface area contributed by atoms with E-state index < -0.39 is 11.5 Å². The van der Waals surface area contributed by atoms with Crippen LogP contribution in [0.5, 0.6) is 5.75 Å². The first-order valence-electron chi connectivity index (χ1n) is 9.06. The molecule has 1 amide bonds. The third-order valence-corrected chi connectivity index (χ3v) is 5.35. The minimum Gasteiger partial charge on any atom is -0.496 e. The van der Waals surface area contributed by atoms with Gasteiger partial charge in [0.25, 0.3) is 5.91 Å². The summed E-state index contributed by atoms with van der Waals surface area (Å²) in [6, 6.07) is 9.20. The van der Waals surface area contributed by atoms with E-state index in [2.05, 4.69) is 4.98 Å². The van der Waals surface area contributed by atoms with E-state index in [1.54, 1.807) is 18.1 Å². The first-order valence-corrected chi connectivity index (χ1v) is 9.06. The lowest BCUT2D eigenvalue weighted by Crippen LogP contribution is -2.55. The van der Waals surface area contributed by atoms with Crippen LogP contribution in [0.25, 0.3) is 10.9 Å². The molecule has 0 aliphatic carbocycles. The molecule has 2 heterocycles. The van der Waals surface area contributed by atoms with Crippen molar-refractivity contribution in [3.05, 3.63) is 36.0 Å². The van der Waals surface area contributed by atoms with E-state index in [1.807, 2.05) is 31.2 Å². The van der Waals surface area contributed by atoms with Crippen LogP contribution in [0.2, 0.25) is 0 Å².